The van der Waals surface area contributed by atoms with Gasteiger partial charge in [-0.05, 0) is 31.5 Å². The number of rotatable bonds is 2. The smallest absolute Gasteiger partial charge is 0.135 e. The summed E-state index contributed by atoms with van der Waals surface area (Å²) in [4.78, 5) is 3.85. The molecular weight excluding hydrogens is 236 g/mol. The van der Waals surface area contributed by atoms with Crippen molar-refractivity contribution in [3.05, 3.63) is 65.0 Å². The lowest BCUT2D eigenvalue weighted by atomic mass is 9.87. The van der Waals surface area contributed by atoms with Crippen molar-refractivity contribution in [1.82, 2.24) is 4.98 Å². The van der Waals surface area contributed by atoms with E-state index in [9.17, 15) is 13.9 Å². The number of hydrogen-bond donors (Lipinski definition) is 1. The first-order valence-electron chi connectivity index (χ1n) is 5.52. The second-order valence-corrected chi connectivity index (χ2v) is 4.37. The van der Waals surface area contributed by atoms with Crippen molar-refractivity contribution < 1.29 is 13.9 Å². The maximum Gasteiger partial charge on any atom is 0.135 e. The zero-order valence-corrected chi connectivity index (χ0v) is 10.1. The van der Waals surface area contributed by atoms with Gasteiger partial charge in [0.25, 0.3) is 0 Å². The zero-order chi connectivity index (χ0) is 13.3. The summed E-state index contributed by atoms with van der Waals surface area (Å²) >= 11 is 0. The monoisotopic (exact) mass is 249 g/mol. The molecule has 1 aromatic carbocycles. The fourth-order valence-electron chi connectivity index (χ4n) is 1.90. The molecule has 94 valence electrons. The highest BCUT2D eigenvalue weighted by atomic mass is 19.1. The topological polar surface area (TPSA) is 33.1 Å². The third-order valence-corrected chi connectivity index (χ3v) is 2.99. The van der Waals surface area contributed by atoms with Gasteiger partial charge in [0, 0.05) is 18.0 Å². The molecular formula is C14H13F2NO. The largest absolute Gasteiger partial charge is 0.380 e. The maximum absolute atomic E-state index is 14.0. The highest BCUT2D eigenvalue weighted by Gasteiger charge is 2.32. The average Bonchev–Trinajstić information content (AvgIpc) is 2.35. The predicted molar refractivity (Wildman–Crippen MR) is 64.0 cm³/mol. The quantitative estimate of drug-likeness (QED) is 0.887. The van der Waals surface area contributed by atoms with Crippen LogP contribution in [-0.4, -0.2) is 10.1 Å². The van der Waals surface area contributed by atoms with Crippen LogP contribution in [0.5, 0.6) is 0 Å². The molecule has 0 spiro atoms. The Kier molecular flexibility index (Phi) is 3.13. The van der Waals surface area contributed by atoms with Crippen LogP contribution in [0.2, 0.25) is 0 Å². The van der Waals surface area contributed by atoms with Gasteiger partial charge in [0.2, 0.25) is 0 Å². The molecule has 2 rings (SSSR count). The van der Waals surface area contributed by atoms with Crippen LogP contribution in [0.3, 0.4) is 0 Å². The van der Waals surface area contributed by atoms with Crippen LogP contribution in [0.4, 0.5) is 8.78 Å². The minimum atomic E-state index is -1.76. The molecule has 1 unspecified atom stereocenters. The lowest BCUT2D eigenvalue weighted by molar-refractivity contribution is 0.0928. The summed E-state index contributed by atoms with van der Waals surface area (Å²) in [7, 11) is 0. The first-order valence-corrected chi connectivity index (χ1v) is 5.52. The van der Waals surface area contributed by atoms with E-state index in [-0.39, 0.29) is 11.1 Å². The molecule has 0 bridgehead atoms. The van der Waals surface area contributed by atoms with E-state index in [1.54, 1.807) is 12.1 Å². The third kappa shape index (κ3) is 1.99. The van der Waals surface area contributed by atoms with Crippen molar-refractivity contribution in [3.63, 3.8) is 0 Å². The summed E-state index contributed by atoms with van der Waals surface area (Å²) in [6.07, 6.45) is 2.92. The van der Waals surface area contributed by atoms with Gasteiger partial charge in [0.1, 0.15) is 17.2 Å². The van der Waals surface area contributed by atoms with Crippen molar-refractivity contribution in [3.8, 4) is 0 Å². The molecule has 2 aromatic rings. The molecule has 0 saturated heterocycles. The predicted octanol–water partition coefficient (Wildman–Crippen LogP) is 2.92. The normalized spacial score (nSPS) is 14.3. The molecule has 0 radical (unpaired) electrons. The van der Waals surface area contributed by atoms with E-state index in [0.717, 1.165) is 6.07 Å². The van der Waals surface area contributed by atoms with E-state index < -0.39 is 17.2 Å². The molecule has 4 heteroatoms. The molecule has 0 aliphatic carbocycles. The molecule has 1 N–H and O–H groups in total. The summed E-state index contributed by atoms with van der Waals surface area (Å²) in [5, 5.41) is 10.4. The molecule has 18 heavy (non-hydrogen) atoms. The molecule has 1 heterocycles. The standard InChI is InChI=1S/C14H13F2NO/c1-9-5-6-11(15)12(13(9)16)14(2,18)10-4-3-7-17-8-10/h3-8,18H,1-2H3. The minimum absolute atomic E-state index is 0.288. The lowest BCUT2D eigenvalue weighted by Gasteiger charge is -2.25. The van der Waals surface area contributed by atoms with Crippen molar-refractivity contribution in [2.45, 2.75) is 19.4 Å². The van der Waals surface area contributed by atoms with Gasteiger partial charge in [0.05, 0.1) is 5.56 Å². The Bertz CT molecular complexity index is 568. The molecule has 0 amide bonds. The summed E-state index contributed by atoms with van der Waals surface area (Å²) in [5.41, 5.74) is -1.48. The Morgan fingerprint density at radius 3 is 2.56 bits per heavy atom. The maximum atomic E-state index is 14.0. The van der Waals surface area contributed by atoms with Crippen molar-refractivity contribution in [2.24, 2.45) is 0 Å². The molecule has 0 fully saturated rings. The fourth-order valence-corrected chi connectivity index (χ4v) is 1.90. The first-order chi connectivity index (χ1) is 8.44. The van der Waals surface area contributed by atoms with Gasteiger partial charge in [0.15, 0.2) is 0 Å². The summed E-state index contributed by atoms with van der Waals surface area (Å²) in [6, 6.07) is 5.68. The van der Waals surface area contributed by atoms with E-state index in [0.29, 0.717) is 5.56 Å². The van der Waals surface area contributed by atoms with Crippen molar-refractivity contribution in [2.75, 3.05) is 0 Å². The average molecular weight is 249 g/mol. The van der Waals surface area contributed by atoms with Crippen LogP contribution in [0.15, 0.2) is 36.7 Å². The Labute approximate surface area is 104 Å². The number of hydrogen-bond acceptors (Lipinski definition) is 2. The van der Waals surface area contributed by atoms with Crippen molar-refractivity contribution >= 4 is 0 Å². The summed E-state index contributed by atoms with van der Waals surface area (Å²) in [6.45, 7) is 2.88. The molecule has 0 saturated carbocycles. The second kappa shape index (κ2) is 4.46. The summed E-state index contributed by atoms with van der Waals surface area (Å²) in [5.74, 6) is -1.50. The van der Waals surface area contributed by atoms with Gasteiger partial charge in [-0.3, -0.25) is 4.98 Å². The van der Waals surface area contributed by atoms with E-state index >= 15 is 0 Å². The van der Waals surface area contributed by atoms with Gasteiger partial charge in [-0.15, -0.1) is 0 Å². The number of aryl methyl sites for hydroxylation is 1. The minimum Gasteiger partial charge on any atom is -0.380 e. The van der Waals surface area contributed by atoms with Crippen LogP contribution >= 0.6 is 0 Å². The van der Waals surface area contributed by atoms with Gasteiger partial charge in [-0.25, -0.2) is 8.78 Å². The van der Waals surface area contributed by atoms with Crippen LogP contribution in [0, 0.1) is 18.6 Å². The summed E-state index contributed by atoms with van der Waals surface area (Å²) < 4.78 is 27.8. The van der Waals surface area contributed by atoms with Gasteiger partial charge < -0.3 is 5.11 Å². The van der Waals surface area contributed by atoms with E-state index in [1.807, 2.05) is 0 Å². The van der Waals surface area contributed by atoms with E-state index in [2.05, 4.69) is 4.98 Å². The molecule has 0 aliphatic heterocycles. The first kappa shape index (κ1) is 12.6. The second-order valence-electron chi connectivity index (χ2n) is 4.37. The van der Waals surface area contributed by atoms with E-state index in [1.165, 1.54) is 32.3 Å². The Morgan fingerprint density at radius 2 is 1.94 bits per heavy atom. The number of pyridine rings is 1. The SMILES string of the molecule is Cc1ccc(F)c(C(C)(O)c2cccnc2)c1F. The molecule has 2 nitrogen and oxygen atoms in total. The number of nitrogens with zero attached hydrogens (tertiary/aromatic N) is 1. The Morgan fingerprint density at radius 1 is 1.22 bits per heavy atom. The highest BCUT2D eigenvalue weighted by Crippen LogP contribution is 2.33. The highest BCUT2D eigenvalue weighted by molar-refractivity contribution is 5.38. The zero-order valence-electron chi connectivity index (χ0n) is 10.1. The van der Waals surface area contributed by atoms with Crippen molar-refractivity contribution in [1.29, 1.82) is 0 Å². The van der Waals surface area contributed by atoms with Crippen LogP contribution in [0.1, 0.15) is 23.6 Å². The van der Waals surface area contributed by atoms with Crippen LogP contribution in [0.25, 0.3) is 0 Å². The number of halogens is 2. The Hall–Kier alpha value is -1.81. The molecule has 1 aromatic heterocycles. The van der Waals surface area contributed by atoms with E-state index in [4.69, 9.17) is 0 Å². The number of aliphatic hydroxyl groups is 1. The van der Waals surface area contributed by atoms with Crippen LogP contribution < -0.4 is 0 Å². The van der Waals surface area contributed by atoms with Gasteiger partial charge in [-0.1, -0.05) is 12.1 Å². The van der Waals surface area contributed by atoms with Gasteiger partial charge >= 0.3 is 0 Å². The molecule has 1 atom stereocenters. The lowest BCUT2D eigenvalue weighted by Crippen LogP contribution is -2.26. The van der Waals surface area contributed by atoms with Crippen LogP contribution in [-0.2, 0) is 5.60 Å². The number of aromatic nitrogens is 1. The molecule has 0 aliphatic rings. The Balaban J connectivity index is 2.65. The third-order valence-electron chi connectivity index (χ3n) is 2.99. The number of benzene rings is 1. The fraction of sp³-hybridized carbons (Fsp3) is 0.214. The van der Waals surface area contributed by atoms with Gasteiger partial charge in [-0.2, -0.15) is 0 Å².